The maximum absolute atomic E-state index is 5.29. The van der Waals surface area contributed by atoms with Crippen LogP contribution in [0.3, 0.4) is 0 Å². The molecule has 0 N–H and O–H groups in total. The van der Waals surface area contributed by atoms with Crippen molar-refractivity contribution >= 4 is 0 Å². The van der Waals surface area contributed by atoms with Crippen LogP contribution in [0.5, 0.6) is 5.75 Å². The Hall–Kier alpha value is -1.46. The molecule has 0 unspecified atom stereocenters. The molecule has 86 valence electrons. The summed E-state index contributed by atoms with van der Waals surface area (Å²) in [4.78, 5) is 0. The normalized spacial score (nSPS) is 10.5. The Labute approximate surface area is 97.6 Å². The topological polar surface area (TPSA) is 18.5 Å². The highest BCUT2D eigenvalue weighted by molar-refractivity contribution is 5.38. The Morgan fingerprint density at radius 1 is 1.12 bits per heavy atom. The smallest absolute Gasteiger partial charge is 0.188 e. The Bertz CT molecular complexity index is 374. The van der Waals surface area contributed by atoms with Crippen molar-refractivity contribution in [2.24, 2.45) is 5.41 Å². The monoisotopic (exact) mass is 218 g/mol. The number of ether oxygens (including phenoxy) is 2. The summed E-state index contributed by atoms with van der Waals surface area (Å²) in [6.07, 6.45) is 0. The van der Waals surface area contributed by atoms with Gasteiger partial charge in [-0.2, -0.15) is 0 Å². The van der Waals surface area contributed by atoms with Crippen molar-refractivity contribution in [3.05, 3.63) is 29.8 Å². The van der Waals surface area contributed by atoms with Gasteiger partial charge < -0.3 is 9.47 Å². The maximum atomic E-state index is 5.29. The molecule has 0 spiro atoms. The van der Waals surface area contributed by atoms with E-state index >= 15 is 0 Å². The minimum absolute atomic E-state index is 0.0330. The molecule has 1 aromatic rings. The zero-order valence-corrected chi connectivity index (χ0v) is 10.3. The molecule has 0 aliphatic heterocycles. The van der Waals surface area contributed by atoms with Gasteiger partial charge in [-0.05, 0) is 45.0 Å². The summed E-state index contributed by atoms with van der Waals surface area (Å²) in [6, 6.07) is 7.69. The molecule has 0 heterocycles. The van der Waals surface area contributed by atoms with Crippen LogP contribution in [-0.4, -0.2) is 13.9 Å². The lowest BCUT2D eigenvalue weighted by Crippen LogP contribution is -1.99. The van der Waals surface area contributed by atoms with E-state index < -0.39 is 0 Å². The fourth-order valence-electron chi connectivity index (χ4n) is 1.02. The summed E-state index contributed by atoms with van der Waals surface area (Å²) in [5.41, 5.74) is 1.03. The third-order valence-electron chi connectivity index (χ3n) is 1.78. The van der Waals surface area contributed by atoms with E-state index in [4.69, 9.17) is 9.47 Å². The van der Waals surface area contributed by atoms with Crippen LogP contribution in [-0.2, 0) is 4.74 Å². The Balaban J connectivity index is 2.67. The number of hydrogen-bond acceptors (Lipinski definition) is 2. The summed E-state index contributed by atoms with van der Waals surface area (Å²) in [5, 5.41) is 0. The second-order valence-electron chi connectivity index (χ2n) is 4.58. The number of methoxy groups -OCH3 is 1. The van der Waals surface area contributed by atoms with Gasteiger partial charge in [-0.15, -0.1) is 0 Å². The summed E-state index contributed by atoms with van der Waals surface area (Å²) in [7, 11) is 1.60. The van der Waals surface area contributed by atoms with Crippen LogP contribution < -0.4 is 4.74 Å². The van der Waals surface area contributed by atoms with Crippen molar-refractivity contribution in [1.82, 2.24) is 0 Å². The Morgan fingerprint density at radius 2 is 1.75 bits per heavy atom. The van der Waals surface area contributed by atoms with E-state index in [2.05, 4.69) is 32.6 Å². The Morgan fingerprint density at radius 3 is 2.25 bits per heavy atom. The van der Waals surface area contributed by atoms with E-state index in [1.54, 1.807) is 7.11 Å². The molecule has 16 heavy (non-hydrogen) atoms. The second-order valence-corrected chi connectivity index (χ2v) is 4.58. The van der Waals surface area contributed by atoms with Crippen LogP contribution in [0.1, 0.15) is 26.3 Å². The molecule has 0 aromatic heterocycles. The minimum atomic E-state index is 0.0330. The van der Waals surface area contributed by atoms with Crippen LogP contribution in [0.15, 0.2) is 24.3 Å². The number of benzene rings is 1. The fourth-order valence-corrected chi connectivity index (χ4v) is 1.02. The second kappa shape index (κ2) is 5.58. The molecule has 0 aliphatic rings. The lowest BCUT2D eigenvalue weighted by Gasteiger charge is -2.07. The number of rotatable bonds is 3. The Kier molecular flexibility index (Phi) is 4.39. The highest BCUT2D eigenvalue weighted by Crippen LogP contribution is 2.13. The summed E-state index contributed by atoms with van der Waals surface area (Å²) in [6.45, 7) is 6.55. The molecule has 2 nitrogen and oxygen atoms in total. The van der Waals surface area contributed by atoms with E-state index in [0.29, 0.717) is 0 Å². The average Bonchev–Trinajstić information content (AvgIpc) is 2.24. The number of hydrogen-bond donors (Lipinski definition) is 0. The van der Waals surface area contributed by atoms with Crippen molar-refractivity contribution in [3.63, 3.8) is 0 Å². The first-order valence-electron chi connectivity index (χ1n) is 5.26. The van der Waals surface area contributed by atoms with Crippen LogP contribution in [0, 0.1) is 17.3 Å². The molecule has 1 rings (SSSR count). The molecule has 0 amide bonds. The average molecular weight is 218 g/mol. The van der Waals surface area contributed by atoms with Crippen LogP contribution in [0.4, 0.5) is 0 Å². The van der Waals surface area contributed by atoms with Gasteiger partial charge in [-0.1, -0.05) is 11.8 Å². The SMILES string of the molecule is COCOc1ccc(C#CC(C)(C)C)cc1. The maximum Gasteiger partial charge on any atom is 0.188 e. The molecule has 0 fully saturated rings. The van der Waals surface area contributed by atoms with Crippen molar-refractivity contribution in [3.8, 4) is 17.6 Å². The van der Waals surface area contributed by atoms with Crippen molar-refractivity contribution in [2.45, 2.75) is 20.8 Å². The van der Waals surface area contributed by atoms with Gasteiger partial charge in [0.2, 0.25) is 0 Å². The molecule has 0 saturated heterocycles. The highest BCUT2D eigenvalue weighted by Gasteiger charge is 2.03. The summed E-state index contributed by atoms with van der Waals surface area (Å²) in [5.74, 6) is 7.11. The van der Waals surface area contributed by atoms with Crippen molar-refractivity contribution in [1.29, 1.82) is 0 Å². The minimum Gasteiger partial charge on any atom is -0.468 e. The zero-order chi connectivity index (χ0) is 12.0. The first-order chi connectivity index (χ1) is 7.51. The van der Waals surface area contributed by atoms with Gasteiger partial charge in [-0.3, -0.25) is 0 Å². The van der Waals surface area contributed by atoms with Crippen LogP contribution >= 0.6 is 0 Å². The summed E-state index contributed by atoms with van der Waals surface area (Å²) >= 11 is 0. The van der Waals surface area contributed by atoms with Gasteiger partial charge in [0.05, 0.1) is 0 Å². The molecular weight excluding hydrogens is 200 g/mol. The lowest BCUT2D eigenvalue weighted by atomic mass is 9.97. The van der Waals surface area contributed by atoms with Gasteiger partial charge in [-0.25, -0.2) is 0 Å². The molecular formula is C14H18O2. The van der Waals surface area contributed by atoms with Crippen LogP contribution in [0.2, 0.25) is 0 Å². The van der Waals surface area contributed by atoms with Crippen LogP contribution in [0.25, 0.3) is 0 Å². The van der Waals surface area contributed by atoms with E-state index in [1.807, 2.05) is 24.3 Å². The van der Waals surface area contributed by atoms with Crippen molar-refractivity contribution < 1.29 is 9.47 Å². The fraction of sp³-hybridized carbons (Fsp3) is 0.429. The predicted octanol–water partition coefficient (Wildman–Crippen LogP) is 3.07. The van der Waals surface area contributed by atoms with E-state index in [0.717, 1.165) is 11.3 Å². The molecule has 1 aromatic carbocycles. The van der Waals surface area contributed by atoms with Crippen molar-refractivity contribution in [2.75, 3.05) is 13.9 Å². The molecule has 0 atom stereocenters. The first kappa shape index (κ1) is 12.6. The third kappa shape index (κ3) is 4.86. The van der Waals surface area contributed by atoms with E-state index in [-0.39, 0.29) is 12.2 Å². The molecule has 0 saturated carbocycles. The molecule has 0 radical (unpaired) electrons. The van der Waals surface area contributed by atoms with Gasteiger partial charge in [0, 0.05) is 18.1 Å². The van der Waals surface area contributed by atoms with E-state index in [9.17, 15) is 0 Å². The van der Waals surface area contributed by atoms with Gasteiger partial charge in [0.1, 0.15) is 5.75 Å². The van der Waals surface area contributed by atoms with Gasteiger partial charge >= 0.3 is 0 Å². The molecule has 0 bridgehead atoms. The first-order valence-corrected chi connectivity index (χ1v) is 5.26. The quantitative estimate of drug-likeness (QED) is 0.573. The largest absolute Gasteiger partial charge is 0.468 e. The molecule has 2 heteroatoms. The molecule has 0 aliphatic carbocycles. The van der Waals surface area contributed by atoms with Gasteiger partial charge in [0.25, 0.3) is 0 Å². The zero-order valence-electron chi connectivity index (χ0n) is 10.3. The lowest BCUT2D eigenvalue weighted by molar-refractivity contribution is 0.0511. The highest BCUT2D eigenvalue weighted by atomic mass is 16.7. The predicted molar refractivity (Wildman–Crippen MR) is 65.3 cm³/mol. The third-order valence-corrected chi connectivity index (χ3v) is 1.78. The van der Waals surface area contributed by atoms with E-state index in [1.165, 1.54) is 0 Å². The van der Waals surface area contributed by atoms with Gasteiger partial charge in [0.15, 0.2) is 6.79 Å². The summed E-state index contributed by atoms with van der Waals surface area (Å²) < 4.78 is 10.1. The standard InChI is InChI=1S/C14H18O2/c1-14(2,3)10-9-12-5-7-13(8-6-12)16-11-15-4/h5-8H,11H2,1-4H3.